The molecule has 0 fully saturated rings. The minimum absolute atomic E-state index is 0.171. The molecule has 3 aromatic rings. The lowest BCUT2D eigenvalue weighted by Gasteiger charge is -2.08. The molecule has 0 aliphatic rings. The van der Waals surface area contributed by atoms with E-state index in [9.17, 15) is 4.79 Å². The summed E-state index contributed by atoms with van der Waals surface area (Å²) in [4.78, 5) is 16.6. The number of nitrogens with one attached hydrogen (secondary N) is 2. The minimum Gasteiger partial charge on any atom is -0.495 e. The Labute approximate surface area is 120 Å². The molecule has 2 N–H and O–H groups in total. The number of amides is 1. The van der Waals surface area contributed by atoms with Crippen LogP contribution in [0, 0.1) is 6.92 Å². The predicted octanol–water partition coefficient (Wildman–Crippen LogP) is 3.80. The van der Waals surface area contributed by atoms with Crippen molar-refractivity contribution in [1.82, 2.24) is 4.98 Å². The minimum atomic E-state index is -0.171. The number of aromatic nitrogens is 1. The second-order valence-electron chi connectivity index (χ2n) is 4.47. The molecule has 2 heterocycles. The molecule has 0 aliphatic carbocycles. The van der Waals surface area contributed by atoms with Crippen molar-refractivity contribution in [3.63, 3.8) is 0 Å². The van der Waals surface area contributed by atoms with Crippen LogP contribution in [-0.4, -0.2) is 18.0 Å². The van der Waals surface area contributed by atoms with Crippen LogP contribution in [0.1, 0.15) is 15.4 Å². The average Bonchev–Trinajstić information content (AvgIpc) is 2.96. The lowest BCUT2D eigenvalue weighted by atomic mass is 10.3. The van der Waals surface area contributed by atoms with E-state index in [1.807, 2.05) is 43.3 Å². The summed E-state index contributed by atoms with van der Waals surface area (Å²) < 4.78 is 6.31. The van der Waals surface area contributed by atoms with Crippen molar-refractivity contribution in [3.05, 3.63) is 47.0 Å². The number of thiophene rings is 1. The van der Waals surface area contributed by atoms with E-state index in [-0.39, 0.29) is 5.91 Å². The first-order chi connectivity index (χ1) is 9.67. The number of anilines is 1. The zero-order valence-corrected chi connectivity index (χ0v) is 12.0. The van der Waals surface area contributed by atoms with Gasteiger partial charge in [0.1, 0.15) is 11.4 Å². The summed E-state index contributed by atoms with van der Waals surface area (Å²) in [6, 6.07) is 11.3. The fraction of sp³-hybridized carbons (Fsp3) is 0.133. The summed E-state index contributed by atoms with van der Waals surface area (Å²) in [7, 11) is 1.58. The number of carbonyl (C=O) groups excluding carboxylic acids is 1. The van der Waals surface area contributed by atoms with Gasteiger partial charge in [-0.05, 0) is 31.2 Å². The van der Waals surface area contributed by atoms with Crippen molar-refractivity contribution in [2.24, 2.45) is 0 Å². The third kappa shape index (κ3) is 2.28. The largest absolute Gasteiger partial charge is 0.495 e. The molecule has 0 unspecified atom stereocenters. The topological polar surface area (TPSA) is 54.1 Å². The molecule has 2 aromatic heterocycles. The first-order valence-electron chi connectivity index (χ1n) is 6.21. The second-order valence-corrected chi connectivity index (χ2v) is 5.76. The number of methoxy groups -OCH3 is 1. The zero-order valence-electron chi connectivity index (χ0n) is 11.2. The van der Waals surface area contributed by atoms with Gasteiger partial charge >= 0.3 is 0 Å². The van der Waals surface area contributed by atoms with Crippen molar-refractivity contribution in [1.29, 1.82) is 0 Å². The maximum atomic E-state index is 12.2. The summed E-state index contributed by atoms with van der Waals surface area (Å²) >= 11 is 1.67. The molecule has 0 saturated heterocycles. The molecule has 0 aliphatic heterocycles. The number of carbonyl (C=O) groups is 1. The number of ether oxygens (including phenoxy) is 1. The van der Waals surface area contributed by atoms with E-state index in [1.54, 1.807) is 18.4 Å². The number of fused-ring (bicyclic) bond motifs is 1. The molecule has 5 heteroatoms. The number of benzene rings is 1. The molecule has 102 valence electrons. The SMILES string of the molecule is COc1ccccc1NC(=O)c1cc2sc(C)cc2[nH]1. The quantitative estimate of drug-likeness (QED) is 0.769. The number of rotatable bonds is 3. The summed E-state index contributed by atoms with van der Waals surface area (Å²) in [5, 5.41) is 2.85. The Hall–Kier alpha value is -2.27. The van der Waals surface area contributed by atoms with Crippen LogP contribution in [0.25, 0.3) is 10.2 Å². The molecular weight excluding hydrogens is 272 g/mol. The van der Waals surface area contributed by atoms with Gasteiger partial charge in [0.2, 0.25) is 0 Å². The molecule has 1 aromatic carbocycles. The van der Waals surface area contributed by atoms with Crippen LogP contribution in [0.4, 0.5) is 5.69 Å². The average molecular weight is 286 g/mol. The van der Waals surface area contributed by atoms with Crippen LogP contribution in [0.3, 0.4) is 0 Å². The van der Waals surface area contributed by atoms with E-state index >= 15 is 0 Å². The van der Waals surface area contributed by atoms with Crippen molar-refractivity contribution in [2.75, 3.05) is 12.4 Å². The first kappa shape index (κ1) is 12.7. The third-order valence-electron chi connectivity index (χ3n) is 3.03. The van der Waals surface area contributed by atoms with E-state index < -0.39 is 0 Å². The summed E-state index contributed by atoms with van der Waals surface area (Å²) in [5.41, 5.74) is 2.21. The fourth-order valence-corrected chi connectivity index (χ4v) is 3.03. The standard InChI is InChI=1S/C15H14N2O2S/c1-9-7-11-14(20-9)8-12(16-11)15(18)17-10-5-3-4-6-13(10)19-2/h3-8,16H,1-2H3,(H,17,18). The molecule has 1 amide bonds. The van der Waals surface area contributed by atoms with Crippen molar-refractivity contribution in [2.45, 2.75) is 6.92 Å². The molecule has 0 spiro atoms. The number of H-pyrrole nitrogens is 1. The molecule has 20 heavy (non-hydrogen) atoms. The van der Waals surface area contributed by atoms with Crippen molar-refractivity contribution >= 4 is 33.1 Å². The molecule has 0 radical (unpaired) electrons. The Bertz CT molecular complexity index is 742. The van der Waals surface area contributed by atoms with Gasteiger partial charge in [0.25, 0.3) is 5.91 Å². The maximum Gasteiger partial charge on any atom is 0.272 e. The highest BCUT2D eigenvalue weighted by Gasteiger charge is 2.13. The fourth-order valence-electron chi connectivity index (χ4n) is 2.11. The van der Waals surface area contributed by atoms with E-state index in [0.29, 0.717) is 17.1 Å². The smallest absolute Gasteiger partial charge is 0.272 e. The highest BCUT2D eigenvalue weighted by molar-refractivity contribution is 7.19. The van der Waals surface area contributed by atoms with Crippen LogP contribution >= 0.6 is 11.3 Å². The number of aromatic amines is 1. The van der Waals surface area contributed by atoms with Crippen LogP contribution in [0.5, 0.6) is 5.75 Å². The normalized spacial score (nSPS) is 10.7. The van der Waals surface area contributed by atoms with Gasteiger partial charge < -0.3 is 15.0 Å². The molecule has 3 rings (SSSR count). The van der Waals surface area contributed by atoms with Gasteiger partial charge in [-0.15, -0.1) is 11.3 Å². The molecule has 0 bridgehead atoms. The predicted molar refractivity (Wildman–Crippen MR) is 81.9 cm³/mol. The molecular formula is C15H14N2O2S. The van der Waals surface area contributed by atoms with Gasteiger partial charge in [-0.1, -0.05) is 12.1 Å². The molecule has 0 atom stereocenters. The Morgan fingerprint density at radius 1 is 1.30 bits per heavy atom. The number of aryl methyl sites for hydroxylation is 1. The Balaban J connectivity index is 1.86. The van der Waals surface area contributed by atoms with Gasteiger partial charge in [-0.3, -0.25) is 4.79 Å². The van der Waals surface area contributed by atoms with E-state index in [4.69, 9.17) is 4.74 Å². The summed E-state index contributed by atoms with van der Waals surface area (Å²) in [6.45, 7) is 2.05. The highest BCUT2D eigenvalue weighted by Crippen LogP contribution is 2.27. The van der Waals surface area contributed by atoms with Crippen molar-refractivity contribution in [3.8, 4) is 5.75 Å². The van der Waals surface area contributed by atoms with Gasteiger partial charge in [-0.25, -0.2) is 0 Å². The van der Waals surface area contributed by atoms with Gasteiger partial charge in [-0.2, -0.15) is 0 Å². The first-order valence-corrected chi connectivity index (χ1v) is 7.02. The Morgan fingerprint density at radius 2 is 2.10 bits per heavy atom. The van der Waals surface area contributed by atoms with Crippen LogP contribution in [0.2, 0.25) is 0 Å². The number of hydrogen-bond donors (Lipinski definition) is 2. The van der Waals surface area contributed by atoms with Gasteiger partial charge in [0, 0.05) is 4.88 Å². The van der Waals surface area contributed by atoms with Crippen molar-refractivity contribution < 1.29 is 9.53 Å². The van der Waals surface area contributed by atoms with E-state index in [0.717, 1.165) is 10.2 Å². The molecule has 4 nitrogen and oxygen atoms in total. The maximum absolute atomic E-state index is 12.2. The van der Waals surface area contributed by atoms with Gasteiger partial charge in [0.05, 0.1) is 23.0 Å². The van der Waals surface area contributed by atoms with E-state index in [2.05, 4.69) is 10.3 Å². The van der Waals surface area contributed by atoms with E-state index in [1.165, 1.54) is 4.88 Å². The van der Waals surface area contributed by atoms with Crippen LogP contribution < -0.4 is 10.1 Å². The third-order valence-corrected chi connectivity index (χ3v) is 4.03. The number of hydrogen-bond acceptors (Lipinski definition) is 3. The monoisotopic (exact) mass is 286 g/mol. The summed E-state index contributed by atoms with van der Waals surface area (Å²) in [6.07, 6.45) is 0. The Morgan fingerprint density at radius 3 is 2.85 bits per heavy atom. The zero-order chi connectivity index (χ0) is 14.1. The number of para-hydroxylation sites is 2. The second kappa shape index (κ2) is 5.02. The lowest BCUT2D eigenvalue weighted by molar-refractivity contribution is 0.102. The van der Waals surface area contributed by atoms with Crippen LogP contribution in [0.15, 0.2) is 36.4 Å². The highest BCUT2D eigenvalue weighted by atomic mass is 32.1. The van der Waals surface area contributed by atoms with Crippen LogP contribution in [-0.2, 0) is 0 Å². The molecule has 0 saturated carbocycles. The van der Waals surface area contributed by atoms with Gasteiger partial charge in [0.15, 0.2) is 0 Å². The Kier molecular flexibility index (Phi) is 3.20. The summed E-state index contributed by atoms with van der Waals surface area (Å²) in [5.74, 6) is 0.473. The lowest BCUT2D eigenvalue weighted by Crippen LogP contribution is -2.12.